The Morgan fingerprint density at radius 1 is 1.25 bits per heavy atom. The normalized spacial score (nSPS) is 10.5. The van der Waals surface area contributed by atoms with E-state index in [4.69, 9.17) is 0 Å². The van der Waals surface area contributed by atoms with Crippen molar-refractivity contribution in [3.05, 3.63) is 65.7 Å². The third kappa shape index (κ3) is 4.20. The van der Waals surface area contributed by atoms with Crippen LogP contribution in [0.5, 0.6) is 0 Å². The maximum absolute atomic E-state index is 12.9. The van der Waals surface area contributed by atoms with Crippen molar-refractivity contribution in [2.24, 2.45) is 0 Å². The maximum atomic E-state index is 12.9. The third-order valence-corrected chi connectivity index (χ3v) is 2.47. The van der Waals surface area contributed by atoms with Crippen LogP contribution in [0.4, 0.5) is 15.0 Å². The van der Waals surface area contributed by atoms with Gasteiger partial charge in [0.1, 0.15) is 11.6 Å². The highest BCUT2D eigenvalue weighted by Crippen LogP contribution is 2.05. The number of halogens is 1. The van der Waals surface area contributed by atoms with Crippen molar-refractivity contribution in [1.29, 1.82) is 0 Å². The fraction of sp³-hybridized carbons (Fsp3) is 0.0667. The molecule has 0 aliphatic rings. The van der Waals surface area contributed by atoms with Gasteiger partial charge in [-0.15, -0.1) is 0 Å². The molecule has 1 aromatic heterocycles. The zero-order chi connectivity index (χ0) is 14.4. The Morgan fingerprint density at radius 2 is 2.05 bits per heavy atom. The lowest BCUT2D eigenvalue weighted by atomic mass is 10.2. The number of hydrogen-bond donors (Lipinski definition) is 2. The average molecular weight is 271 g/mol. The number of anilines is 1. The summed E-state index contributed by atoms with van der Waals surface area (Å²) in [4.78, 5) is 15.7. The van der Waals surface area contributed by atoms with Gasteiger partial charge in [-0.2, -0.15) is 0 Å². The van der Waals surface area contributed by atoms with Crippen LogP contribution in [0.2, 0.25) is 0 Å². The molecule has 102 valence electrons. The molecule has 4 nitrogen and oxygen atoms in total. The van der Waals surface area contributed by atoms with E-state index >= 15 is 0 Å². The van der Waals surface area contributed by atoms with Gasteiger partial charge in [-0.1, -0.05) is 18.2 Å². The molecule has 0 bridgehead atoms. The average Bonchev–Trinajstić information content (AvgIpc) is 2.38. The highest BCUT2D eigenvalue weighted by Gasteiger charge is 2.00. The van der Waals surface area contributed by atoms with Gasteiger partial charge in [-0.3, -0.25) is 5.32 Å². The van der Waals surface area contributed by atoms with Crippen molar-refractivity contribution in [2.75, 3.05) is 5.32 Å². The molecule has 2 amide bonds. The Hall–Kier alpha value is -2.69. The minimum absolute atomic E-state index is 0.319. The smallest absolute Gasteiger partial charge is 0.314 e. The summed E-state index contributed by atoms with van der Waals surface area (Å²) in [7, 11) is 0. The predicted octanol–water partition coefficient (Wildman–Crippen LogP) is 3.32. The Balaban J connectivity index is 1.89. The summed E-state index contributed by atoms with van der Waals surface area (Å²) in [5, 5.41) is 5.12. The maximum Gasteiger partial charge on any atom is 0.324 e. The molecule has 0 fully saturated rings. The summed E-state index contributed by atoms with van der Waals surface area (Å²) in [5.41, 5.74) is 1.48. The molecule has 0 aliphatic carbocycles. The van der Waals surface area contributed by atoms with Crippen LogP contribution in [0.25, 0.3) is 6.08 Å². The molecule has 0 saturated heterocycles. The van der Waals surface area contributed by atoms with E-state index in [1.807, 2.05) is 13.0 Å². The molecule has 2 N–H and O–H groups in total. The summed E-state index contributed by atoms with van der Waals surface area (Å²) >= 11 is 0. The summed E-state index contributed by atoms with van der Waals surface area (Å²) in [5.74, 6) is 0.155. The number of urea groups is 1. The van der Waals surface area contributed by atoms with E-state index in [0.717, 1.165) is 5.69 Å². The number of aryl methyl sites for hydroxylation is 1. The number of rotatable bonds is 3. The van der Waals surface area contributed by atoms with Crippen molar-refractivity contribution < 1.29 is 9.18 Å². The van der Waals surface area contributed by atoms with Gasteiger partial charge in [0.2, 0.25) is 0 Å². The van der Waals surface area contributed by atoms with Gasteiger partial charge in [-0.25, -0.2) is 14.2 Å². The largest absolute Gasteiger partial charge is 0.324 e. The molecule has 5 heteroatoms. The van der Waals surface area contributed by atoms with Crippen LogP contribution in [0.3, 0.4) is 0 Å². The molecule has 0 saturated carbocycles. The fourth-order valence-corrected chi connectivity index (χ4v) is 1.59. The number of carbonyl (C=O) groups excluding carboxylic acids is 1. The second-order valence-electron chi connectivity index (χ2n) is 4.15. The minimum Gasteiger partial charge on any atom is -0.314 e. The van der Waals surface area contributed by atoms with Gasteiger partial charge in [0, 0.05) is 11.9 Å². The first-order valence-corrected chi connectivity index (χ1v) is 6.07. The first-order chi connectivity index (χ1) is 9.63. The van der Waals surface area contributed by atoms with Crippen molar-refractivity contribution in [3.8, 4) is 0 Å². The summed E-state index contributed by atoms with van der Waals surface area (Å²) in [6.45, 7) is 1.84. The van der Waals surface area contributed by atoms with Gasteiger partial charge < -0.3 is 5.32 Å². The Kier molecular flexibility index (Phi) is 4.44. The van der Waals surface area contributed by atoms with Gasteiger partial charge >= 0.3 is 6.03 Å². The molecule has 0 aliphatic heterocycles. The third-order valence-electron chi connectivity index (χ3n) is 2.47. The van der Waals surface area contributed by atoms with E-state index in [1.54, 1.807) is 30.3 Å². The molecule has 1 heterocycles. The van der Waals surface area contributed by atoms with E-state index < -0.39 is 6.03 Å². The standard InChI is InChI=1S/C15H14FN3O/c1-11-4-2-7-14(18-11)19-15(20)17-9-8-12-5-3-6-13(16)10-12/h2-10H,1H3,(H2,17,18,19,20)/b9-8+. The molecular weight excluding hydrogens is 257 g/mol. The van der Waals surface area contributed by atoms with Crippen molar-refractivity contribution >= 4 is 17.9 Å². The quantitative estimate of drug-likeness (QED) is 0.899. The summed E-state index contributed by atoms with van der Waals surface area (Å²) in [6.07, 6.45) is 3.05. The Bertz CT molecular complexity index is 641. The predicted molar refractivity (Wildman–Crippen MR) is 76.6 cm³/mol. The van der Waals surface area contributed by atoms with Crippen LogP contribution >= 0.6 is 0 Å². The van der Waals surface area contributed by atoms with Gasteiger partial charge in [0.25, 0.3) is 0 Å². The van der Waals surface area contributed by atoms with Crippen molar-refractivity contribution in [2.45, 2.75) is 6.92 Å². The van der Waals surface area contributed by atoms with E-state index in [0.29, 0.717) is 11.4 Å². The van der Waals surface area contributed by atoms with Crippen LogP contribution in [0.15, 0.2) is 48.7 Å². The molecule has 0 radical (unpaired) electrons. The lowest BCUT2D eigenvalue weighted by Crippen LogP contribution is -2.24. The number of aromatic nitrogens is 1. The highest BCUT2D eigenvalue weighted by molar-refractivity contribution is 5.89. The number of benzene rings is 1. The fourth-order valence-electron chi connectivity index (χ4n) is 1.59. The summed E-state index contributed by atoms with van der Waals surface area (Å²) < 4.78 is 12.9. The molecule has 0 unspecified atom stereocenters. The second-order valence-corrected chi connectivity index (χ2v) is 4.15. The monoisotopic (exact) mass is 271 g/mol. The number of pyridine rings is 1. The zero-order valence-corrected chi connectivity index (χ0v) is 10.9. The van der Waals surface area contributed by atoms with Gasteiger partial charge in [-0.05, 0) is 42.8 Å². The van der Waals surface area contributed by atoms with Gasteiger partial charge in [0.15, 0.2) is 0 Å². The van der Waals surface area contributed by atoms with Crippen LogP contribution < -0.4 is 10.6 Å². The number of carbonyl (C=O) groups is 1. The first kappa shape index (κ1) is 13.7. The van der Waals surface area contributed by atoms with Crippen LogP contribution in [-0.2, 0) is 0 Å². The first-order valence-electron chi connectivity index (χ1n) is 6.07. The Morgan fingerprint density at radius 3 is 2.80 bits per heavy atom. The van der Waals surface area contributed by atoms with Crippen LogP contribution in [0.1, 0.15) is 11.3 Å². The molecule has 0 spiro atoms. The highest BCUT2D eigenvalue weighted by atomic mass is 19.1. The van der Waals surface area contributed by atoms with E-state index in [1.165, 1.54) is 18.3 Å². The minimum atomic E-state index is -0.407. The molecular formula is C15H14FN3O. The van der Waals surface area contributed by atoms with Crippen molar-refractivity contribution in [1.82, 2.24) is 10.3 Å². The molecule has 20 heavy (non-hydrogen) atoms. The number of nitrogens with one attached hydrogen (secondary N) is 2. The van der Waals surface area contributed by atoms with E-state index in [9.17, 15) is 9.18 Å². The molecule has 0 atom stereocenters. The van der Waals surface area contributed by atoms with E-state index in [-0.39, 0.29) is 5.82 Å². The zero-order valence-electron chi connectivity index (χ0n) is 10.9. The lowest BCUT2D eigenvalue weighted by molar-refractivity contribution is 0.255. The van der Waals surface area contributed by atoms with Crippen LogP contribution in [0, 0.1) is 12.7 Å². The molecule has 1 aromatic carbocycles. The molecule has 2 rings (SSSR count). The van der Waals surface area contributed by atoms with Crippen molar-refractivity contribution in [3.63, 3.8) is 0 Å². The topological polar surface area (TPSA) is 54.0 Å². The number of amides is 2. The number of nitrogens with zero attached hydrogens (tertiary/aromatic N) is 1. The molecule has 2 aromatic rings. The second kappa shape index (κ2) is 6.47. The number of hydrogen-bond acceptors (Lipinski definition) is 2. The lowest BCUT2D eigenvalue weighted by Gasteiger charge is -2.04. The van der Waals surface area contributed by atoms with Gasteiger partial charge in [0.05, 0.1) is 0 Å². The Labute approximate surface area is 116 Å². The SMILES string of the molecule is Cc1cccc(NC(=O)N/C=C/c2cccc(F)c2)n1. The van der Waals surface area contributed by atoms with E-state index in [2.05, 4.69) is 15.6 Å². The van der Waals surface area contributed by atoms with Crippen LogP contribution in [-0.4, -0.2) is 11.0 Å². The summed E-state index contributed by atoms with van der Waals surface area (Å²) in [6, 6.07) is 11.0.